The quantitative estimate of drug-likeness (QED) is 0.706. The molecule has 108 valence electrons. The molecule has 0 aliphatic heterocycles. The smallest absolute Gasteiger partial charge is 0.134 e. The summed E-state index contributed by atoms with van der Waals surface area (Å²) in [5.74, 6) is 1.06. The van der Waals surface area contributed by atoms with Gasteiger partial charge in [0.1, 0.15) is 11.3 Å². The molecule has 0 fully saturated rings. The lowest BCUT2D eigenvalue weighted by atomic mass is 10.0. The minimum atomic E-state index is 0.379. The normalized spacial score (nSPS) is 12.6. The SMILES string of the molecule is CCNC(CCc1cc2ccccc2o1)c1ccccc1. The summed E-state index contributed by atoms with van der Waals surface area (Å²) in [7, 11) is 0. The first-order valence-corrected chi connectivity index (χ1v) is 7.62. The Kier molecular flexibility index (Phi) is 4.37. The van der Waals surface area contributed by atoms with Crippen LogP contribution in [0.2, 0.25) is 0 Å². The maximum atomic E-state index is 5.90. The van der Waals surface area contributed by atoms with E-state index in [1.54, 1.807) is 0 Å². The Labute approximate surface area is 125 Å². The number of nitrogens with one attached hydrogen (secondary N) is 1. The molecule has 0 saturated heterocycles. The number of fused-ring (bicyclic) bond motifs is 1. The van der Waals surface area contributed by atoms with Crippen LogP contribution in [-0.4, -0.2) is 6.54 Å². The Balaban J connectivity index is 1.71. The molecular formula is C19H21NO. The molecule has 2 aromatic carbocycles. The van der Waals surface area contributed by atoms with E-state index < -0.39 is 0 Å². The van der Waals surface area contributed by atoms with Gasteiger partial charge in [-0.2, -0.15) is 0 Å². The van der Waals surface area contributed by atoms with E-state index in [2.05, 4.69) is 54.7 Å². The van der Waals surface area contributed by atoms with Gasteiger partial charge in [0.15, 0.2) is 0 Å². The molecule has 1 unspecified atom stereocenters. The number of hydrogen-bond donors (Lipinski definition) is 1. The topological polar surface area (TPSA) is 25.2 Å². The average Bonchev–Trinajstić information content (AvgIpc) is 2.95. The van der Waals surface area contributed by atoms with Crippen molar-refractivity contribution in [2.75, 3.05) is 6.54 Å². The van der Waals surface area contributed by atoms with Gasteiger partial charge in [0.2, 0.25) is 0 Å². The molecule has 0 spiro atoms. The van der Waals surface area contributed by atoms with Crippen molar-refractivity contribution in [3.05, 3.63) is 72.0 Å². The lowest BCUT2D eigenvalue weighted by Gasteiger charge is -2.17. The summed E-state index contributed by atoms with van der Waals surface area (Å²) >= 11 is 0. The van der Waals surface area contributed by atoms with Crippen molar-refractivity contribution in [3.63, 3.8) is 0 Å². The Hall–Kier alpha value is -2.06. The van der Waals surface area contributed by atoms with Crippen LogP contribution in [0.15, 0.2) is 65.1 Å². The third-order valence-corrected chi connectivity index (χ3v) is 3.81. The standard InChI is InChI=1S/C19H21NO/c1-2-20-18(15-8-4-3-5-9-15)13-12-17-14-16-10-6-7-11-19(16)21-17/h3-11,14,18,20H,2,12-13H2,1H3. The molecule has 1 heterocycles. The number of para-hydroxylation sites is 1. The van der Waals surface area contributed by atoms with E-state index >= 15 is 0 Å². The highest BCUT2D eigenvalue weighted by atomic mass is 16.3. The van der Waals surface area contributed by atoms with Crippen LogP contribution in [0, 0.1) is 0 Å². The third kappa shape index (κ3) is 3.34. The second-order valence-corrected chi connectivity index (χ2v) is 5.31. The van der Waals surface area contributed by atoms with Crippen LogP contribution in [0.4, 0.5) is 0 Å². The van der Waals surface area contributed by atoms with Crippen molar-refractivity contribution >= 4 is 11.0 Å². The van der Waals surface area contributed by atoms with Gasteiger partial charge < -0.3 is 9.73 Å². The highest BCUT2D eigenvalue weighted by Gasteiger charge is 2.11. The van der Waals surface area contributed by atoms with E-state index in [1.807, 2.05) is 18.2 Å². The Morgan fingerprint density at radius 2 is 1.76 bits per heavy atom. The molecule has 0 amide bonds. The fourth-order valence-corrected chi connectivity index (χ4v) is 2.76. The molecule has 1 N–H and O–H groups in total. The molecule has 0 aliphatic rings. The first kappa shape index (κ1) is 13.9. The summed E-state index contributed by atoms with van der Waals surface area (Å²) in [6.07, 6.45) is 1.99. The Bertz CT molecular complexity index is 654. The Morgan fingerprint density at radius 1 is 1.00 bits per heavy atom. The first-order valence-electron chi connectivity index (χ1n) is 7.62. The van der Waals surface area contributed by atoms with Gasteiger partial charge in [-0.3, -0.25) is 0 Å². The van der Waals surface area contributed by atoms with Crippen molar-refractivity contribution in [2.24, 2.45) is 0 Å². The van der Waals surface area contributed by atoms with Crippen molar-refractivity contribution in [3.8, 4) is 0 Å². The maximum absolute atomic E-state index is 5.90. The lowest BCUT2D eigenvalue weighted by molar-refractivity contribution is 0.474. The van der Waals surface area contributed by atoms with Gasteiger partial charge in [0, 0.05) is 17.8 Å². The van der Waals surface area contributed by atoms with Gasteiger partial charge >= 0.3 is 0 Å². The van der Waals surface area contributed by atoms with E-state index in [-0.39, 0.29) is 0 Å². The summed E-state index contributed by atoms with van der Waals surface area (Å²) in [4.78, 5) is 0. The van der Waals surface area contributed by atoms with Gasteiger partial charge in [-0.25, -0.2) is 0 Å². The number of hydrogen-bond acceptors (Lipinski definition) is 2. The largest absolute Gasteiger partial charge is 0.461 e. The van der Waals surface area contributed by atoms with E-state index in [9.17, 15) is 0 Å². The van der Waals surface area contributed by atoms with Crippen molar-refractivity contribution in [2.45, 2.75) is 25.8 Å². The lowest BCUT2D eigenvalue weighted by Crippen LogP contribution is -2.21. The number of aryl methyl sites for hydroxylation is 1. The molecular weight excluding hydrogens is 258 g/mol. The summed E-state index contributed by atoms with van der Waals surface area (Å²) in [5.41, 5.74) is 2.32. The second-order valence-electron chi connectivity index (χ2n) is 5.31. The number of rotatable bonds is 6. The summed E-state index contributed by atoms with van der Waals surface area (Å²) in [5, 5.41) is 4.75. The number of benzene rings is 2. The van der Waals surface area contributed by atoms with Crippen LogP contribution in [0.1, 0.15) is 30.7 Å². The molecule has 2 nitrogen and oxygen atoms in total. The van der Waals surface area contributed by atoms with Crippen LogP contribution in [0.5, 0.6) is 0 Å². The molecule has 1 atom stereocenters. The van der Waals surface area contributed by atoms with Gasteiger partial charge in [0.25, 0.3) is 0 Å². The predicted octanol–water partition coefficient (Wildman–Crippen LogP) is 4.72. The molecule has 2 heteroatoms. The van der Waals surface area contributed by atoms with E-state index in [1.165, 1.54) is 10.9 Å². The highest BCUT2D eigenvalue weighted by Crippen LogP contribution is 2.23. The highest BCUT2D eigenvalue weighted by molar-refractivity contribution is 5.77. The minimum Gasteiger partial charge on any atom is -0.461 e. The molecule has 0 radical (unpaired) electrons. The Morgan fingerprint density at radius 3 is 2.52 bits per heavy atom. The van der Waals surface area contributed by atoms with Crippen molar-refractivity contribution in [1.82, 2.24) is 5.32 Å². The zero-order valence-electron chi connectivity index (χ0n) is 12.4. The molecule has 1 aromatic heterocycles. The molecule has 0 saturated carbocycles. The third-order valence-electron chi connectivity index (χ3n) is 3.81. The van der Waals surface area contributed by atoms with Gasteiger partial charge in [-0.05, 0) is 30.7 Å². The average molecular weight is 279 g/mol. The van der Waals surface area contributed by atoms with Crippen LogP contribution in [0.3, 0.4) is 0 Å². The van der Waals surface area contributed by atoms with Crippen molar-refractivity contribution < 1.29 is 4.42 Å². The van der Waals surface area contributed by atoms with Gasteiger partial charge in [-0.1, -0.05) is 55.5 Å². The summed E-state index contributed by atoms with van der Waals surface area (Å²) in [6.45, 7) is 3.12. The minimum absolute atomic E-state index is 0.379. The zero-order chi connectivity index (χ0) is 14.5. The van der Waals surface area contributed by atoms with E-state index in [0.717, 1.165) is 30.7 Å². The van der Waals surface area contributed by atoms with Crippen LogP contribution in [-0.2, 0) is 6.42 Å². The van der Waals surface area contributed by atoms with Crippen molar-refractivity contribution in [1.29, 1.82) is 0 Å². The molecule has 0 aliphatic carbocycles. The molecule has 0 bridgehead atoms. The molecule has 3 rings (SSSR count). The first-order chi connectivity index (χ1) is 10.4. The fraction of sp³-hybridized carbons (Fsp3) is 0.263. The summed E-state index contributed by atoms with van der Waals surface area (Å²) in [6, 6.07) is 21.4. The van der Waals surface area contributed by atoms with Crippen LogP contribution >= 0.6 is 0 Å². The van der Waals surface area contributed by atoms with E-state index in [0.29, 0.717) is 6.04 Å². The predicted molar refractivity (Wildman–Crippen MR) is 87.4 cm³/mol. The zero-order valence-corrected chi connectivity index (χ0v) is 12.4. The maximum Gasteiger partial charge on any atom is 0.134 e. The van der Waals surface area contributed by atoms with E-state index in [4.69, 9.17) is 4.42 Å². The monoisotopic (exact) mass is 279 g/mol. The fourth-order valence-electron chi connectivity index (χ4n) is 2.76. The molecule has 3 aromatic rings. The summed E-state index contributed by atoms with van der Waals surface area (Å²) < 4.78 is 5.90. The second kappa shape index (κ2) is 6.59. The van der Waals surface area contributed by atoms with Crippen LogP contribution in [0.25, 0.3) is 11.0 Å². The van der Waals surface area contributed by atoms with Gasteiger partial charge in [0.05, 0.1) is 0 Å². The molecule has 21 heavy (non-hydrogen) atoms. The van der Waals surface area contributed by atoms with Gasteiger partial charge in [-0.15, -0.1) is 0 Å². The van der Waals surface area contributed by atoms with Crippen LogP contribution < -0.4 is 5.32 Å². The number of furan rings is 1.